The van der Waals surface area contributed by atoms with Gasteiger partial charge in [-0.05, 0) is 31.5 Å². The SMILES string of the molecule is COc1c[nH]c(CN2CCCC2c2ccccn2)cc1=O. The monoisotopic (exact) mass is 285 g/mol. The van der Waals surface area contributed by atoms with Gasteiger partial charge in [-0.1, -0.05) is 6.07 Å². The lowest BCUT2D eigenvalue weighted by Crippen LogP contribution is -2.24. The van der Waals surface area contributed by atoms with Crippen molar-refractivity contribution in [3.63, 3.8) is 0 Å². The van der Waals surface area contributed by atoms with Crippen molar-refractivity contribution in [3.8, 4) is 5.75 Å². The summed E-state index contributed by atoms with van der Waals surface area (Å²) in [6.45, 7) is 1.75. The fraction of sp³-hybridized carbons (Fsp3) is 0.375. The first-order valence-electron chi connectivity index (χ1n) is 7.18. The van der Waals surface area contributed by atoms with Crippen LogP contribution in [0.15, 0.2) is 41.5 Å². The maximum atomic E-state index is 11.8. The van der Waals surface area contributed by atoms with Gasteiger partial charge in [0, 0.05) is 30.7 Å². The summed E-state index contributed by atoms with van der Waals surface area (Å²) in [6, 6.07) is 7.97. The molecule has 5 nitrogen and oxygen atoms in total. The van der Waals surface area contributed by atoms with Crippen LogP contribution in [0.1, 0.15) is 30.3 Å². The average Bonchev–Trinajstić information content (AvgIpc) is 2.96. The van der Waals surface area contributed by atoms with Crippen molar-refractivity contribution in [3.05, 3.63) is 58.3 Å². The molecule has 0 saturated carbocycles. The third kappa shape index (κ3) is 2.97. The number of hydrogen-bond acceptors (Lipinski definition) is 4. The van der Waals surface area contributed by atoms with Crippen LogP contribution in [-0.2, 0) is 6.54 Å². The van der Waals surface area contributed by atoms with Gasteiger partial charge in [0.25, 0.3) is 0 Å². The number of hydrogen-bond donors (Lipinski definition) is 1. The third-order valence-corrected chi connectivity index (χ3v) is 3.92. The summed E-state index contributed by atoms with van der Waals surface area (Å²) >= 11 is 0. The van der Waals surface area contributed by atoms with Gasteiger partial charge in [0.2, 0.25) is 5.43 Å². The fourth-order valence-electron chi connectivity index (χ4n) is 2.89. The average molecular weight is 285 g/mol. The fourth-order valence-corrected chi connectivity index (χ4v) is 2.89. The van der Waals surface area contributed by atoms with Gasteiger partial charge in [-0.25, -0.2) is 0 Å². The van der Waals surface area contributed by atoms with Crippen LogP contribution in [0.3, 0.4) is 0 Å². The minimum Gasteiger partial charge on any atom is -0.491 e. The predicted octanol–water partition coefficient (Wildman–Crippen LogP) is 2.12. The van der Waals surface area contributed by atoms with Crippen molar-refractivity contribution in [2.45, 2.75) is 25.4 Å². The second-order valence-electron chi connectivity index (χ2n) is 5.27. The first kappa shape index (κ1) is 13.8. The first-order valence-corrected chi connectivity index (χ1v) is 7.18. The third-order valence-electron chi connectivity index (χ3n) is 3.92. The van der Waals surface area contributed by atoms with E-state index in [4.69, 9.17) is 4.74 Å². The van der Waals surface area contributed by atoms with Gasteiger partial charge in [0.15, 0.2) is 5.75 Å². The zero-order valence-electron chi connectivity index (χ0n) is 12.1. The number of aromatic amines is 1. The maximum absolute atomic E-state index is 11.8. The van der Waals surface area contributed by atoms with Gasteiger partial charge in [-0.15, -0.1) is 0 Å². The molecule has 0 radical (unpaired) electrons. The highest BCUT2D eigenvalue weighted by atomic mass is 16.5. The molecule has 2 aromatic rings. The van der Waals surface area contributed by atoms with Crippen LogP contribution in [0.25, 0.3) is 0 Å². The lowest BCUT2D eigenvalue weighted by Gasteiger charge is -2.23. The van der Waals surface area contributed by atoms with Gasteiger partial charge in [-0.3, -0.25) is 14.7 Å². The number of nitrogens with zero attached hydrogens (tertiary/aromatic N) is 2. The number of likely N-dealkylation sites (tertiary alicyclic amines) is 1. The van der Waals surface area contributed by atoms with Crippen LogP contribution in [-0.4, -0.2) is 28.5 Å². The molecule has 5 heteroatoms. The molecule has 21 heavy (non-hydrogen) atoms. The smallest absolute Gasteiger partial charge is 0.223 e. The van der Waals surface area contributed by atoms with Crippen LogP contribution in [0.5, 0.6) is 5.75 Å². The Kier molecular flexibility index (Phi) is 4.01. The summed E-state index contributed by atoms with van der Waals surface area (Å²) in [5.74, 6) is 0.349. The maximum Gasteiger partial charge on any atom is 0.223 e. The number of methoxy groups -OCH3 is 1. The molecule has 0 aromatic carbocycles. The van der Waals surface area contributed by atoms with Gasteiger partial charge < -0.3 is 9.72 Å². The molecule has 1 aliphatic rings. The lowest BCUT2D eigenvalue weighted by atomic mass is 10.1. The van der Waals surface area contributed by atoms with E-state index in [1.807, 2.05) is 18.3 Å². The molecular formula is C16H19N3O2. The van der Waals surface area contributed by atoms with Crippen LogP contribution < -0.4 is 10.2 Å². The number of pyridine rings is 2. The van der Waals surface area contributed by atoms with Gasteiger partial charge in [-0.2, -0.15) is 0 Å². The summed E-state index contributed by atoms with van der Waals surface area (Å²) in [5.41, 5.74) is 1.93. The van der Waals surface area contributed by atoms with Gasteiger partial charge in [0.05, 0.1) is 18.8 Å². The van der Waals surface area contributed by atoms with E-state index in [9.17, 15) is 4.79 Å². The molecule has 0 bridgehead atoms. The van der Waals surface area contributed by atoms with E-state index in [0.29, 0.717) is 11.8 Å². The molecule has 2 aromatic heterocycles. The van der Waals surface area contributed by atoms with Crippen LogP contribution in [0, 0.1) is 0 Å². The number of nitrogens with one attached hydrogen (secondary N) is 1. The Morgan fingerprint density at radius 2 is 2.38 bits per heavy atom. The molecule has 1 atom stereocenters. The Labute approximate surface area is 123 Å². The predicted molar refractivity (Wildman–Crippen MR) is 80.2 cm³/mol. The lowest BCUT2D eigenvalue weighted by molar-refractivity contribution is 0.241. The summed E-state index contributed by atoms with van der Waals surface area (Å²) in [4.78, 5) is 21.8. The Morgan fingerprint density at radius 3 is 3.10 bits per heavy atom. The molecule has 1 saturated heterocycles. The van der Waals surface area contributed by atoms with Crippen LogP contribution in [0.4, 0.5) is 0 Å². The highest BCUT2D eigenvalue weighted by Crippen LogP contribution is 2.31. The molecule has 1 aliphatic heterocycles. The van der Waals surface area contributed by atoms with Crippen LogP contribution in [0.2, 0.25) is 0 Å². The normalized spacial score (nSPS) is 18.8. The standard InChI is InChI=1S/C16H19N3O2/c1-21-16-10-18-12(9-15(16)20)11-19-8-4-6-14(19)13-5-2-3-7-17-13/h2-3,5,7,9-10,14H,4,6,8,11H2,1H3,(H,18,20). The highest BCUT2D eigenvalue weighted by molar-refractivity contribution is 5.20. The molecule has 0 aliphatic carbocycles. The summed E-state index contributed by atoms with van der Waals surface area (Å²) in [5, 5.41) is 0. The summed E-state index contributed by atoms with van der Waals surface area (Å²) < 4.78 is 4.99. The topological polar surface area (TPSA) is 58.2 Å². The molecule has 1 fully saturated rings. The van der Waals surface area contributed by atoms with Crippen molar-refractivity contribution >= 4 is 0 Å². The molecule has 1 N–H and O–H groups in total. The Hall–Kier alpha value is -2.14. The van der Waals surface area contributed by atoms with Crippen molar-refractivity contribution in [1.82, 2.24) is 14.9 Å². The molecule has 1 unspecified atom stereocenters. The van der Waals surface area contributed by atoms with Crippen molar-refractivity contribution in [2.75, 3.05) is 13.7 Å². The first-order chi connectivity index (χ1) is 10.3. The van der Waals surface area contributed by atoms with E-state index in [-0.39, 0.29) is 5.43 Å². The Morgan fingerprint density at radius 1 is 1.48 bits per heavy atom. The molecule has 3 heterocycles. The molecular weight excluding hydrogens is 266 g/mol. The van der Waals surface area contributed by atoms with Gasteiger partial charge >= 0.3 is 0 Å². The van der Waals surface area contributed by atoms with Crippen molar-refractivity contribution < 1.29 is 4.74 Å². The number of rotatable bonds is 4. The Bertz CT molecular complexity index is 654. The molecule has 0 spiro atoms. The van der Waals surface area contributed by atoms with Crippen molar-refractivity contribution in [1.29, 1.82) is 0 Å². The van der Waals surface area contributed by atoms with Crippen molar-refractivity contribution in [2.24, 2.45) is 0 Å². The number of H-pyrrole nitrogens is 1. The minimum absolute atomic E-state index is 0.0835. The molecule has 3 rings (SSSR count). The zero-order chi connectivity index (χ0) is 14.7. The quantitative estimate of drug-likeness (QED) is 0.934. The van der Waals surface area contributed by atoms with E-state index in [2.05, 4.69) is 20.9 Å². The van der Waals surface area contributed by atoms with E-state index in [0.717, 1.165) is 37.3 Å². The summed E-state index contributed by atoms with van der Waals surface area (Å²) in [7, 11) is 1.50. The van der Waals surface area contributed by atoms with E-state index in [1.54, 1.807) is 12.3 Å². The Balaban J connectivity index is 1.78. The van der Waals surface area contributed by atoms with Gasteiger partial charge in [0.1, 0.15) is 0 Å². The summed E-state index contributed by atoms with van der Waals surface area (Å²) in [6.07, 6.45) is 5.73. The number of aromatic nitrogens is 2. The second kappa shape index (κ2) is 6.10. The van der Waals surface area contributed by atoms with Crippen LogP contribution >= 0.6 is 0 Å². The molecule has 0 amide bonds. The second-order valence-corrected chi connectivity index (χ2v) is 5.27. The zero-order valence-corrected chi connectivity index (χ0v) is 12.1. The largest absolute Gasteiger partial charge is 0.491 e. The number of ether oxygens (including phenoxy) is 1. The van der Waals surface area contributed by atoms with E-state index < -0.39 is 0 Å². The highest BCUT2D eigenvalue weighted by Gasteiger charge is 2.27. The minimum atomic E-state index is -0.0835. The van der Waals surface area contributed by atoms with E-state index in [1.165, 1.54) is 7.11 Å². The molecule has 110 valence electrons. The van der Waals surface area contributed by atoms with E-state index >= 15 is 0 Å².